The van der Waals surface area contributed by atoms with E-state index in [0.717, 1.165) is 0 Å². The number of carbonyl (C=O) groups excluding carboxylic acids is 2. The molecule has 0 saturated carbocycles. The highest BCUT2D eigenvalue weighted by Gasteiger charge is 2.19. The van der Waals surface area contributed by atoms with Crippen LogP contribution in [0.5, 0.6) is 11.5 Å². The van der Waals surface area contributed by atoms with Crippen molar-refractivity contribution >= 4 is 24.1 Å². The van der Waals surface area contributed by atoms with Crippen molar-refractivity contribution < 1.29 is 23.8 Å². The van der Waals surface area contributed by atoms with E-state index in [1.807, 2.05) is 18.2 Å². The minimum absolute atomic E-state index is 0.212. The van der Waals surface area contributed by atoms with Crippen molar-refractivity contribution in [3.05, 3.63) is 54.1 Å². The highest BCUT2D eigenvalue weighted by molar-refractivity contribution is 5.90. The van der Waals surface area contributed by atoms with E-state index in [4.69, 9.17) is 14.2 Å². The van der Waals surface area contributed by atoms with E-state index in [1.165, 1.54) is 13.3 Å². The fourth-order valence-corrected chi connectivity index (χ4v) is 2.06. The number of ether oxygens (including phenoxy) is 3. The number of para-hydroxylation sites is 1. The lowest BCUT2D eigenvalue weighted by atomic mass is 10.2. The number of hydrogen-bond acceptors (Lipinski definition) is 6. The first kappa shape index (κ1) is 20.8. The van der Waals surface area contributed by atoms with Gasteiger partial charge >= 0.3 is 12.2 Å². The van der Waals surface area contributed by atoms with Crippen LogP contribution in [0.4, 0.5) is 15.3 Å². The summed E-state index contributed by atoms with van der Waals surface area (Å²) in [6, 6.07) is 13.3. The summed E-state index contributed by atoms with van der Waals surface area (Å²) in [5.74, 6) is 0.534. The molecule has 0 fully saturated rings. The number of benzene rings is 2. The van der Waals surface area contributed by atoms with Gasteiger partial charge in [-0.05, 0) is 56.7 Å². The normalized spacial score (nSPS) is 11.0. The summed E-state index contributed by atoms with van der Waals surface area (Å²) >= 11 is 0. The van der Waals surface area contributed by atoms with Crippen molar-refractivity contribution in [2.75, 3.05) is 12.4 Å². The van der Waals surface area contributed by atoms with Crippen LogP contribution < -0.4 is 20.2 Å². The number of nitrogens with one attached hydrogen (secondary N) is 2. The molecule has 0 spiro atoms. The summed E-state index contributed by atoms with van der Waals surface area (Å²) in [7, 11) is 1.45. The van der Waals surface area contributed by atoms with Crippen LogP contribution in [0.25, 0.3) is 0 Å². The number of hydrazone groups is 1. The summed E-state index contributed by atoms with van der Waals surface area (Å²) in [5, 5.41) is 6.52. The molecule has 28 heavy (non-hydrogen) atoms. The van der Waals surface area contributed by atoms with Gasteiger partial charge in [0.15, 0.2) is 11.5 Å². The van der Waals surface area contributed by atoms with E-state index in [2.05, 4.69) is 15.8 Å². The van der Waals surface area contributed by atoms with Crippen LogP contribution in [0.15, 0.2) is 53.6 Å². The minimum Gasteiger partial charge on any atom is -0.493 e. The van der Waals surface area contributed by atoms with Crippen LogP contribution in [0.3, 0.4) is 0 Å². The monoisotopic (exact) mass is 385 g/mol. The summed E-state index contributed by atoms with van der Waals surface area (Å²) in [6.45, 7) is 5.23. The molecule has 2 aromatic rings. The number of nitrogens with zero attached hydrogens (tertiary/aromatic N) is 1. The molecule has 8 nitrogen and oxygen atoms in total. The average Bonchev–Trinajstić information content (AvgIpc) is 2.62. The van der Waals surface area contributed by atoms with E-state index in [-0.39, 0.29) is 5.75 Å². The van der Waals surface area contributed by atoms with Gasteiger partial charge in [0.25, 0.3) is 0 Å². The molecule has 2 amide bonds. The van der Waals surface area contributed by atoms with Gasteiger partial charge in [0, 0.05) is 5.69 Å². The molecular formula is C20H23N3O5. The molecule has 0 radical (unpaired) electrons. The topological polar surface area (TPSA) is 98.3 Å². The lowest BCUT2D eigenvalue weighted by molar-refractivity contribution is 0.0201. The van der Waals surface area contributed by atoms with Crippen LogP contribution >= 0.6 is 0 Å². The highest BCUT2D eigenvalue weighted by atomic mass is 16.7. The average molecular weight is 385 g/mol. The van der Waals surface area contributed by atoms with E-state index in [9.17, 15) is 9.59 Å². The maximum atomic E-state index is 11.8. The van der Waals surface area contributed by atoms with E-state index in [0.29, 0.717) is 17.0 Å². The van der Waals surface area contributed by atoms with Gasteiger partial charge in [-0.1, -0.05) is 18.2 Å². The molecule has 0 aliphatic rings. The zero-order chi connectivity index (χ0) is 20.6. The molecule has 2 rings (SSSR count). The third kappa shape index (κ3) is 6.99. The summed E-state index contributed by atoms with van der Waals surface area (Å²) in [4.78, 5) is 23.6. The fraction of sp³-hybridized carbons (Fsp3) is 0.250. The van der Waals surface area contributed by atoms with Crippen LogP contribution in [0.2, 0.25) is 0 Å². The van der Waals surface area contributed by atoms with Crippen LogP contribution in [-0.4, -0.2) is 31.1 Å². The number of rotatable bonds is 5. The Morgan fingerprint density at radius 2 is 1.75 bits per heavy atom. The molecule has 148 valence electrons. The summed E-state index contributed by atoms with van der Waals surface area (Å²) in [5.41, 5.74) is 2.99. The lowest BCUT2D eigenvalue weighted by Crippen LogP contribution is -2.26. The van der Waals surface area contributed by atoms with Gasteiger partial charge < -0.3 is 19.5 Å². The molecule has 2 N–H and O–H groups in total. The number of hydrogen-bond donors (Lipinski definition) is 2. The molecule has 8 heteroatoms. The Balaban J connectivity index is 1.96. The van der Waals surface area contributed by atoms with Crippen LogP contribution in [0.1, 0.15) is 26.3 Å². The maximum absolute atomic E-state index is 11.8. The Bertz CT molecular complexity index is 845. The van der Waals surface area contributed by atoms with E-state index in [1.54, 1.807) is 51.1 Å². The quantitative estimate of drug-likeness (QED) is 0.348. The van der Waals surface area contributed by atoms with Crippen molar-refractivity contribution in [1.29, 1.82) is 0 Å². The predicted molar refractivity (Wildman–Crippen MR) is 106 cm³/mol. The van der Waals surface area contributed by atoms with Gasteiger partial charge in [0.2, 0.25) is 0 Å². The largest absolute Gasteiger partial charge is 0.514 e. The molecule has 0 atom stereocenters. The van der Waals surface area contributed by atoms with Crippen molar-refractivity contribution in [3.8, 4) is 11.5 Å². The molecule has 0 aliphatic carbocycles. The predicted octanol–water partition coefficient (Wildman–Crippen LogP) is 4.16. The number of methoxy groups -OCH3 is 1. The van der Waals surface area contributed by atoms with Gasteiger partial charge in [-0.3, -0.25) is 0 Å². The molecule has 0 bridgehead atoms. The third-order valence-electron chi connectivity index (χ3n) is 3.18. The standard InChI is InChI=1S/C20H23N3O5/c1-20(2,3)28-19(25)27-16-11-10-14(12-17(16)26-4)13-21-23-18(24)22-15-8-6-5-7-9-15/h5-13H,1-4H3,(H2,22,23,24)/b21-13+. The fourth-order valence-electron chi connectivity index (χ4n) is 2.06. The Labute approximate surface area is 163 Å². The summed E-state index contributed by atoms with van der Waals surface area (Å²) < 4.78 is 15.5. The molecular weight excluding hydrogens is 362 g/mol. The van der Waals surface area contributed by atoms with Crippen LogP contribution in [0, 0.1) is 0 Å². The number of urea groups is 1. The van der Waals surface area contributed by atoms with E-state index >= 15 is 0 Å². The lowest BCUT2D eigenvalue weighted by Gasteiger charge is -2.19. The van der Waals surface area contributed by atoms with Crippen molar-refractivity contribution in [2.45, 2.75) is 26.4 Å². The van der Waals surface area contributed by atoms with Crippen molar-refractivity contribution in [1.82, 2.24) is 5.43 Å². The Kier molecular flexibility index (Phi) is 6.97. The van der Waals surface area contributed by atoms with Gasteiger partial charge in [0.1, 0.15) is 5.60 Å². The Morgan fingerprint density at radius 1 is 1.04 bits per heavy atom. The summed E-state index contributed by atoms with van der Waals surface area (Å²) in [6.07, 6.45) is 0.608. The van der Waals surface area contributed by atoms with Gasteiger partial charge in [0.05, 0.1) is 13.3 Å². The van der Waals surface area contributed by atoms with Crippen molar-refractivity contribution in [3.63, 3.8) is 0 Å². The van der Waals surface area contributed by atoms with Crippen molar-refractivity contribution in [2.24, 2.45) is 5.10 Å². The SMILES string of the molecule is COc1cc(/C=N/NC(=O)Nc2ccccc2)ccc1OC(=O)OC(C)(C)C. The molecule has 2 aromatic carbocycles. The maximum Gasteiger partial charge on any atom is 0.514 e. The Hall–Kier alpha value is -3.55. The molecule has 0 aliphatic heterocycles. The first-order valence-corrected chi connectivity index (χ1v) is 8.51. The zero-order valence-corrected chi connectivity index (χ0v) is 16.2. The Morgan fingerprint density at radius 3 is 2.39 bits per heavy atom. The second-order valence-corrected chi connectivity index (χ2v) is 6.67. The molecule has 0 saturated heterocycles. The molecule has 0 unspecified atom stereocenters. The zero-order valence-electron chi connectivity index (χ0n) is 16.2. The number of anilines is 1. The second kappa shape index (κ2) is 9.40. The highest BCUT2D eigenvalue weighted by Crippen LogP contribution is 2.28. The number of amides is 2. The first-order valence-electron chi connectivity index (χ1n) is 8.51. The van der Waals surface area contributed by atoms with Gasteiger partial charge in [-0.2, -0.15) is 5.10 Å². The molecule has 0 heterocycles. The van der Waals surface area contributed by atoms with Gasteiger partial charge in [-0.15, -0.1) is 0 Å². The smallest absolute Gasteiger partial charge is 0.493 e. The molecule has 0 aromatic heterocycles. The number of carbonyl (C=O) groups is 2. The second-order valence-electron chi connectivity index (χ2n) is 6.67. The first-order chi connectivity index (χ1) is 13.3. The van der Waals surface area contributed by atoms with E-state index < -0.39 is 17.8 Å². The van der Waals surface area contributed by atoms with Crippen LogP contribution in [-0.2, 0) is 4.74 Å². The van der Waals surface area contributed by atoms with Gasteiger partial charge in [-0.25, -0.2) is 15.0 Å². The third-order valence-corrected chi connectivity index (χ3v) is 3.18. The minimum atomic E-state index is -0.827.